The highest BCUT2D eigenvalue weighted by molar-refractivity contribution is 6.07. The van der Waals surface area contributed by atoms with E-state index in [1.807, 2.05) is 0 Å². The molecule has 0 saturated carbocycles. The molecule has 1 aromatic heterocycles. The fraction of sp³-hybridized carbons (Fsp3) is 0.278. The summed E-state index contributed by atoms with van der Waals surface area (Å²) in [7, 11) is 3.36. The summed E-state index contributed by atoms with van der Waals surface area (Å²) >= 11 is 0. The Morgan fingerprint density at radius 1 is 1.04 bits per heavy atom. The van der Waals surface area contributed by atoms with Crippen molar-refractivity contribution in [2.45, 2.75) is 20.8 Å². The van der Waals surface area contributed by atoms with Gasteiger partial charge in [-0.3, -0.25) is 14.4 Å². The number of rotatable bonds is 4. The number of hydrogen-bond donors (Lipinski definition) is 2. The van der Waals surface area contributed by atoms with Crippen LogP contribution in [0.1, 0.15) is 49.4 Å². The Labute approximate surface area is 140 Å². The van der Waals surface area contributed by atoms with Crippen LogP contribution >= 0.6 is 0 Å². The summed E-state index contributed by atoms with van der Waals surface area (Å²) in [6.45, 7) is 4.99. The number of Topliss-reactive ketones (excluding diaryl/α,β-unsaturated/α-hetero) is 1. The molecular formula is C18H21N3O3. The third-order valence-corrected chi connectivity index (χ3v) is 3.81. The summed E-state index contributed by atoms with van der Waals surface area (Å²) in [6, 6.07) is 6.66. The van der Waals surface area contributed by atoms with Crippen molar-refractivity contribution in [3.8, 4) is 0 Å². The lowest BCUT2D eigenvalue weighted by atomic mass is 10.1. The zero-order valence-electron chi connectivity index (χ0n) is 14.5. The second-order valence-electron chi connectivity index (χ2n) is 5.91. The summed E-state index contributed by atoms with van der Waals surface area (Å²) in [5, 5.41) is 2.77. The van der Waals surface area contributed by atoms with Crippen LogP contribution in [0.5, 0.6) is 0 Å². The SMILES string of the molecule is CC(=O)c1c(C)[nH]c(C(=O)Nc2ccc(C(=O)N(C)C)cc2)c1C. The normalized spacial score (nSPS) is 10.4. The van der Waals surface area contributed by atoms with Crippen molar-refractivity contribution < 1.29 is 14.4 Å². The zero-order chi connectivity index (χ0) is 18.0. The topological polar surface area (TPSA) is 82.3 Å². The Hall–Kier alpha value is -2.89. The molecule has 2 aromatic rings. The van der Waals surface area contributed by atoms with E-state index in [1.165, 1.54) is 11.8 Å². The Morgan fingerprint density at radius 3 is 2.08 bits per heavy atom. The molecule has 0 fully saturated rings. The first-order valence-corrected chi connectivity index (χ1v) is 7.55. The zero-order valence-corrected chi connectivity index (χ0v) is 14.5. The molecule has 0 unspecified atom stereocenters. The van der Waals surface area contributed by atoms with Gasteiger partial charge in [-0.25, -0.2) is 0 Å². The van der Waals surface area contributed by atoms with Crippen LogP contribution in [0.2, 0.25) is 0 Å². The average molecular weight is 327 g/mol. The molecule has 1 heterocycles. The number of aryl methyl sites for hydroxylation is 1. The number of aromatic nitrogens is 1. The van der Waals surface area contributed by atoms with Crippen molar-refractivity contribution >= 4 is 23.3 Å². The largest absolute Gasteiger partial charge is 0.354 e. The van der Waals surface area contributed by atoms with Crippen molar-refractivity contribution in [1.29, 1.82) is 0 Å². The van der Waals surface area contributed by atoms with Gasteiger partial charge in [0.15, 0.2) is 5.78 Å². The Balaban J connectivity index is 2.20. The summed E-state index contributed by atoms with van der Waals surface area (Å²) < 4.78 is 0. The molecule has 0 bridgehead atoms. The van der Waals surface area contributed by atoms with E-state index in [1.54, 1.807) is 52.2 Å². The lowest BCUT2D eigenvalue weighted by molar-refractivity contribution is 0.0827. The van der Waals surface area contributed by atoms with Crippen molar-refractivity contribution in [3.05, 3.63) is 52.3 Å². The fourth-order valence-corrected chi connectivity index (χ4v) is 2.65. The van der Waals surface area contributed by atoms with Crippen molar-refractivity contribution in [3.63, 3.8) is 0 Å². The lowest BCUT2D eigenvalue weighted by Crippen LogP contribution is -2.21. The van der Waals surface area contributed by atoms with Crippen LogP contribution in [0.15, 0.2) is 24.3 Å². The first kappa shape index (κ1) is 17.5. The van der Waals surface area contributed by atoms with Gasteiger partial charge in [-0.1, -0.05) is 0 Å². The highest BCUT2D eigenvalue weighted by atomic mass is 16.2. The summed E-state index contributed by atoms with van der Waals surface area (Å²) in [5.74, 6) is -0.503. The van der Waals surface area contributed by atoms with Crippen LogP contribution in [0.4, 0.5) is 5.69 Å². The standard InChI is InChI=1S/C18H21N3O3/c1-10-15(12(3)22)11(2)19-16(10)17(23)20-14-8-6-13(7-9-14)18(24)21(4)5/h6-9,19H,1-5H3,(H,20,23). The maximum absolute atomic E-state index is 12.4. The van der Waals surface area contributed by atoms with E-state index >= 15 is 0 Å². The lowest BCUT2D eigenvalue weighted by Gasteiger charge is -2.11. The smallest absolute Gasteiger partial charge is 0.272 e. The van der Waals surface area contributed by atoms with E-state index in [4.69, 9.17) is 0 Å². The summed E-state index contributed by atoms with van der Waals surface area (Å²) in [4.78, 5) is 40.4. The number of carbonyl (C=O) groups excluding carboxylic acids is 3. The van der Waals surface area contributed by atoms with Gasteiger partial charge in [0.05, 0.1) is 0 Å². The van der Waals surface area contributed by atoms with Crippen LogP contribution in [0.25, 0.3) is 0 Å². The second-order valence-corrected chi connectivity index (χ2v) is 5.91. The van der Waals surface area contributed by atoms with Gasteiger partial charge in [-0.15, -0.1) is 0 Å². The molecule has 0 radical (unpaired) electrons. The first-order chi connectivity index (χ1) is 11.2. The molecule has 126 valence electrons. The monoisotopic (exact) mass is 327 g/mol. The van der Waals surface area contributed by atoms with Crippen molar-refractivity contribution in [1.82, 2.24) is 9.88 Å². The van der Waals surface area contributed by atoms with E-state index in [0.29, 0.717) is 33.8 Å². The Bertz CT molecular complexity index is 802. The minimum atomic E-state index is -0.324. The summed E-state index contributed by atoms with van der Waals surface area (Å²) in [6.07, 6.45) is 0. The minimum absolute atomic E-state index is 0.0770. The third-order valence-electron chi connectivity index (χ3n) is 3.81. The quantitative estimate of drug-likeness (QED) is 0.847. The highest BCUT2D eigenvalue weighted by Gasteiger charge is 2.19. The maximum Gasteiger partial charge on any atom is 0.272 e. The molecule has 6 heteroatoms. The maximum atomic E-state index is 12.4. The molecule has 2 N–H and O–H groups in total. The molecule has 0 aliphatic rings. The summed E-state index contributed by atoms with van der Waals surface area (Å²) in [5.41, 5.74) is 3.35. The molecule has 0 aliphatic heterocycles. The third kappa shape index (κ3) is 3.37. The van der Waals surface area contributed by atoms with E-state index < -0.39 is 0 Å². The molecule has 2 rings (SSSR count). The molecule has 6 nitrogen and oxygen atoms in total. The number of aromatic amines is 1. The molecule has 0 aliphatic carbocycles. The fourth-order valence-electron chi connectivity index (χ4n) is 2.65. The highest BCUT2D eigenvalue weighted by Crippen LogP contribution is 2.20. The van der Waals surface area contributed by atoms with Crippen LogP contribution in [-0.4, -0.2) is 41.6 Å². The first-order valence-electron chi connectivity index (χ1n) is 7.55. The molecule has 1 aromatic carbocycles. The average Bonchev–Trinajstić information content (AvgIpc) is 2.82. The number of nitrogens with zero attached hydrogens (tertiary/aromatic N) is 1. The molecule has 2 amide bonds. The number of carbonyl (C=O) groups is 3. The van der Waals surface area contributed by atoms with Crippen LogP contribution in [0, 0.1) is 13.8 Å². The van der Waals surface area contributed by atoms with Crippen molar-refractivity contribution in [2.24, 2.45) is 0 Å². The van der Waals surface area contributed by atoms with Gasteiger partial charge in [-0.2, -0.15) is 0 Å². The van der Waals surface area contributed by atoms with E-state index in [9.17, 15) is 14.4 Å². The van der Waals surface area contributed by atoms with Gasteiger partial charge in [-0.05, 0) is 50.6 Å². The van der Waals surface area contributed by atoms with Gasteiger partial charge in [0.1, 0.15) is 5.69 Å². The van der Waals surface area contributed by atoms with Gasteiger partial charge < -0.3 is 15.2 Å². The van der Waals surface area contributed by atoms with E-state index in [-0.39, 0.29) is 17.6 Å². The minimum Gasteiger partial charge on any atom is -0.354 e. The number of nitrogens with one attached hydrogen (secondary N) is 2. The number of benzene rings is 1. The number of amides is 2. The predicted molar refractivity (Wildman–Crippen MR) is 92.7 cm³/mol. The molecule has 24 heavy (non-hydrogen) atoms. The molecular weight excluding hydrogens is 306 g/mol. The second kappa shape index (κ2) is 6.70. The van der Waals surface area contributed by atoms with E-state index in [0.717, 1.165) is 0 Å². The Morgan fingerprint density at radius 2 is 1.62 bits per heavy atom. The van der Waals surface area contributed by atoms with Crippen LogP contribution < -0.4 is 5.32 Å². The number of anilines is 1. The molecule has 0 atom stereocenters. The predicted octanol–water partition coefficient (Wildman–Crippen LogP) is 2.79. The van der Waals surface area contributed by atoms with Crippen molar-refractivity contribution in [2.75, 3.05) is 19.4 Å². The van der Waals surface area contributed by atoms with Crippen LogP contribution in [-0.2, 0) is 0 Å². The number of ketones is 1. The van der Waals surface area contributed by atoms with Gasteiger partial charge >= 0.3 is 0 Å². The molecule has 0 spiro atoms. The number of H-pyrrole nitrogens is 1. The van der Waals surface area contributed by atoms with Gasteiger partial charge in [0, 0.05) is 36.6 Å². The van der Waals surface area contributed by atoms with Gasteiger partial charge in [0.2, 0.25) is 0 Å². The van der Waals surface area contributed by atoms with E-state index in [2.05, 4.69) is 10.3 Å². The Kier molecular flexibility index (Phi) is 4.87. The van der Waals surface area contributed by atoms with Gasteiger partial charge in [0.25, 0.3) is 11.8 Å². The number of hydrogen-bond acceptors (Lipinski definition) is 3. The molecule has 0 saturated heterocycles. The van der Waals surface area contributed by atoms with Crippen LogP contribution in [0.3, 0.4) is 0 Å².